The molecule has 2 rings (SSSR count). The lowest BCUT2D eigenvalue weighted by Gasteiger charge is -2.12. The highest BCUT2D eigenvalue weighted by Crippen LogP contribution is 2.05. The van der Waals surface area contributed by atoms with Crippen molar-refractivity contribution in [3.05, 3.63) is 58.6 Å². The van der Waals surface area contributed by atoms with Gasteiger partial charge in [-0.25, -0.2) is 4.98 Å². The first-order valence-corrected chi connectivity index (χ1v) is 7.52. The zero-order valence-corrected chi connectivity index (χ0v) is 13.6. The number of pyridine rings is 2. The van der Waals surface area contributed by atoms with Gasteiger partial charge in [-0.05, 0) is 36.6 Å². The fourth-order valence-electron chi connectivity index (χ4n) is 1.97. The van der Waals surface area contributed by atoms with Crippen molar-refractivity contribution in [2.45, 2.75) is 19.9 Å². The molecule has 0 aromatic carbocycles. The second kappa shape index (κ2) is 8.34. The molecule has 0 fully saturated rings. The summed E-state index contributed by atoms with van der Waals surface area (Å²) >= 11 is 5.77. The first-order chi connectivity index (χ1) is 10.7. The summed E-state index contributed by atoms with van der Waals surface area (Å²) in [6.07, 6.45) is 4.44. The Kier molecular flexibility index (Phi) is 6.15. The molecule has 0 atom stereocenters. The third-order valence-corrected chi connectivity index (χ3v) is 3.48. The topological polar surface area (TPSA) is 62.2 Å². The number of aryl methyl sites for hydroxylation is 1. The Labute approximate surface area is 135 Å². The highest BCUT2D eigenvalue weighted by molar-refractivity contribution is 6.29. The van der Waals surface area contributed by atoms with Crippen LogP contribution in [0, 0.1) is 6.92 Å². The molecule has 2 N–H and O–H groups in total. The van der Waals surface area contributed by atoms with E-state index < -0.39 is 0 Å². The van der Waals surface area contributed by atoms with Crippen LogP contribution in [0.25, 0.3) is 0 Å². The summed E-state index contributed by atoms with van der Waals surface area (Å²) in [7, 11) is 1.75. The highest BCUT2D eigenvalue weighted by Gasteiger charge is 2.02. The molecule has 116 valence electrons. The van der Waals surface area contributed by atoms with Gasteiger partial charge in [-0.15, -0.1) is 0 Å². The van der Waals surface area contributed by atoms with Crippen LogP contribution >= 0.6 is 11.6 Å². The summed E-state index contributed by atoms with van der Waals surface area (Å²) < 4.78 is 0. The van der Waals surface area contributed by atoms with Crippen LogP contribution in [-0.4, -0.2) is 29.5 Å². The summed E-state index contributed by atoms with van der Waals surface area (Å²) in [5.74, 6) is 0.756. The lowest BCUT2D eigenvalue weighted by molar-refractivity contribution is 0.779. The summed E-state index contributed by atoms with van der Waals surface area (Å²) in [5, 5.41) is 7.05. The lowest BCUT2D eigenvalue weighted by Crippen LogP contribution is -2.38. The number of nitrogens with zero attached hydrogens (tertiary/aromatic N) is 3. The minimum absolute atomic E-state index is 0.514. The van der Waals surface area contributed by atoms with Gasteiger partial charge in [0.05, 0.1) is 12.2 Å². The van der Waals surface area contributed by atoms with Crippen molar-refractivity contribution in [3.63, 3.8) is 0 Å². The predicted molar refractivity (Wildman–Crippen MR) is 90.1 cm³/mol. The average molecular weight is 318 g/mol. The van der Waals surface area contributed by atoms with Crippen LogP contribution in [0.5, 0.6) is 0 Å². The van der Waals surface area contributed by atoms with E-state index >= 15 is 0 Å². The minimum Gasteiger partial charge on any atom is -0.356 e. The Morgan fingerprint density at radius 2 is 2.09 bits per heavy atom. The molecule has 0 aliphatic carbocycles. The fraction of sp³-hybridized carbons (Fsp3) is 0.312. The van der Waals surface area contributed by atoms with Crippen LogP contribution in [0.4, 0.5) is 0 Å². The number of hydrogen-bond acceptors (Lipinski definition) is 3. The molecule has 22 heavy (non-hydrogen) atoms. The monoisotopic (exact) mass is 317 g/mol. The number of hydrogen-bond donors (Lipinski definition) is 2. The van der Waals surface area contributed by atoms with E-state index in [9.17, 15) is 0 Å². The smallest absolute Gasteiger partial charge is 0.191 e. The summed E-state index contributed by atoms with van der Waals surface area (Å²) in [6.45, 7) is 3.47. The van der Waals surface area contributed by atoms with E-state index in [1.165, 1.54) is 0 Å². The van der Waals surface area contributed by atoms with Crippen molar-refractivity contribution < 1.29 is 0 Å². The summed E-state index contributed by atoms with van der Waals surface area (Å²) in [5.41, 5.74) is 3.32. The molecule has 0 aliphatic rings. The van der Waals surface area contributed by atoms with Crippen molar-refractivity contribution in [1.82, 2.24) is 20.6 Å². The van der Waals surface area contributed by atoms with Gasteiger partial charge in [0.15, 0.2) is 5.96 Å². The maximum atomic E-state index is 5.77. The SMILES string of the molecule is CN=C(NCCc1ccc(Cl)nc1)NCc1ncccc1C. The van der Waals surface area contributed by atoms with Crippen LogP contribution in [0.2, 0.25) is 5.15 Å². The van der Waals surface area contributed by atoms with Gasteiger partial charge in [-0.1, -0.05) is 23.7 Å². The van der Waals surface area contributed by atoms with E-state index in [-0.39, 0.29) is 0 Å². The summed E-state index contributed by atoms with van der Waals surface area (Å²) in [6, 6.07) is 7.76. The molecule has 0 saturated heterocycles. The quantitative estimate of drug-likeness (QED) is 0.505. The van der Waals surface area contributed by atoms with E-state index in [4.69, 9.17) is 11.6 Å². The number of aliphatic imine (C=N–C) groups is 1. The normalized spacial score (nSPS) is 11.3. The van der Waals surface area contributed by atoms with Gasteiger partial charge in [0.1, 0.15) is 5.15 Å². The molecule has 0 radical (unpaired) electrons. The second-order valence-electron chi connectivity index (χ2n) is 4.86. The molecule has 0 spiro atoms. The molecule has 2 heterocycles. The third-order valence-electron chi connectivity index (χ3n) is 3.26. The van der Waals surface area contributed by atoms with E-state index in [1.807, 2.05) is 25.1 Å². The summed E-state index contributed by atoms with van der Waals surface area (Å²) in [4.78, 5) is 12.6. The molecule has 0 saturated carbocycles. The maximum absolute atomic E-state index is 5.77. The standard InChI is InChI=1S/C16H20ClN5/c1-12-4-3-8-19-14(12)11-22-16(18-2)20-9-7-13-5-6-15(17)21-10-13/h3-6,8,10H,7,9,11H2,1-2H3,(H2,18,20,22). The number of rotatable bonds is 5. The largest absolute Gasteiger partial charge is 0.356 e. The molecule has 0 unspecified atom stereocenters. The van der Waals surface area contributed by atoms with Crippen molar-refractivity contribution >= 4 is 17.6 Å². The second-order valence-corrected chi connectivity index (χ2v) is 5.25. The van der Waals surface area contributed by atoms with Crippen LogP contribution in [0.3, 0.4) is 0 Å². The van der Waals surface area contributed by atoms with Crippen LogP contribution in [-0.2, 0) is 13.0 Å². The average Bonchev–Trinajstić information content (AvgIpc) is 2.54. The first-order valence-electron chi connectivity index (χ1n) is 7.14. The van der Waals surface area contributed by atoms with Crippen LogP contribution in [0.15, 0.2) is 41.7 Å². The molecular weight excluding hydrogens is 298 g/mol. The molecule has 6 heteroatoms. The highest BCUT2D eigenvalue weighted by atomic mass is 35.5. The zero-order valence-electron chi connectivity index (χ0n) is 12.8. The van der Waals surface area contributed by atoms with Gasteiger partial charge >= 0.3 is 0 Å². The molecule has 5 nitrogen and oxygen atoms in total. The predicted octanol–water partition coefficient (Wildman–Crippen LogP) is 2.35. The van der Waals surface area contributed by atoms with Gasteiger partial charge < -0.3 is 10.6 Å². The van der Waals surface area contributed by atoms with Crippen LogP contribution in [0.1, 0.15) is 16.8 Å². The molecule has 0 aliphatic heterocycles. The van der Waals surface area contributed by atoms with Crippen molar-refractivity contribution in [3.8, 4) is 0 Å². The van der Waals surface area contributed by atoms with Gasteiger partial charge in [-0.3, -0.25) is 9.98 Å². The van der Waals surface area contributed by atoms with Crippen molar-refractivity contribution in [2.75, 3.05) is 13.6 Å². The van der Waals surface area contributed by atoms with Gasteiger partial charge in [0, 0.05) is 26.0 Å². The maximum Gasteiger partial charge on any atom is 0.191 e. The van der Waals surface area contributed by atoms with E-state index in [2.05, 4.69) is 25.6 Å². The molecule has 0 bridgehead atoms. The van der Waals surface area contributed by atoms with Gasteiger partial charge in [0.25, 0.3) is 0 Å². The Morgan fingerprint density at radius 1 is 1.23 bits per heavy atom. The van der Waals surface area contributed by atoms with Crippen LogP contribution < -0.4 is 10.6 Å². The first kappa shape index (κ1) is 16.2. The van der Waals surface area contributed by atoms with Gasteiger partial charge in [0.2, 0.25) is 0 Å². The number of halogens is 1. The molecule has 0 amide bonds. The third kappa shape index (κ3) is 5.00. The Balaban J connectivity index is 1.78. The van der Waals surface area contributed by atoms with Crippen molar-refractivity contribution in [1.29, 1.82) is 0 Å². The van der Waals surface area contributed by atoms with E-state index in [1.54, 1.807) is 25.5 Å². The van der Waals surface area contributed by atoms with Crippen molar-refractivity contribution in [2.24, 2.45) is 4.99 Å². The molecule has 2 aromatic heterocycles. The number of guanidine groups is 1. The Morgan fingerprint density at radius 3 is 2.77 bits per heavy atom. The number of nitrogens with one attached hydrogen (secondary N) is 2. The Hall–Kier alpha value is -2.14. The van der Waals surface area contributed by atoms with E-state index in [0.717, 1.165) is 35.7 Å². The molecule has 2 aromatic rings. The van der Waals surface area contributed by atoms with E-state index in [0.29, 0.717) is 11.7 Å². The zero-order chi connectivity index (χ0) is 15.8. The Bertz CT molecular complexity index is 625. The molecular formula is C16H20ClN5. The number of aromatic nitrogens is 2. The fourth-order valence-corrected chi connectivity index (χ4v) is 2.08. The van der Waals surface area contributed by atoms with Gasteiger partial charge in [-0.2, -0.15) is 0 Å². The minimum atomic E-state index is 0.514. The lowest BCUT2D eigenvalue weighted by atomic mass is 10.2.